The van der Waals surface area contributed by atoms with E-state index in [-0.39, 0.29) is 42.2 Å². The summed E-state index contributed by atoms with van der Waals surface area (Å²) in [4.78, 5) is 11.2. The van der Waals surface area contributed by atoms with E-state index < -0.39 is 42.8 Å². The molecule has 10 heteroatoms. The Morgan fingerprint density at radius 2 is 1.78 bits per heavy atom. The van der Waals surface area contributed by atoms with Crippen molar-refractivity contribution >= 4 is 16.7 Å². The van der Waals surface area contributed by atoms with E-state index in [4.69, 9.17) is 14.2 Å². The van der Waals surface area contributed by atoms with Crippen LogP contribution in [0.3, 0.4) is 0 Å². The first kappa shape index (κ1) is 27.0. The van der Waals surface area contributed by atoms with Gasteiger partial charge in [0, 0.05) is 18.0 Å². The zero-order chi connectivity index (χ0) is 22.5. The monoisotopic (exact) mass is 457 g/mol. The van der Waals surface area contributed by atoms with E-state index in [1.807, 2.05) is 56.3 Å². The van der Waals surface area contributed by atoms with Gasteiger partial charge in [-0.2, -0.15) is 0 Å². The molecule has 0 aromatic heterocycles. The van der Waals surface area contributed by atoms with Crippen molar-refractivity contribution in [2.45, 2.75) is 56.7 Å². The van der Waals surface area contributed by atoms with Crippen molar-refractivity contribution in [2.75, 3.05) is 13.2 Å². The summed E-state index contributed by atoms with van der Waals surface area (Å²) in [6, 6.07) is 13.5. The molecule has 0 bridgehead atoms. The van der Waals surface area contributed by atoms with Crippen LogP contribution < -0.4 is 44.7 Å². The van der Waals surface area contributed by atoms with Gasteiger partial charge in [-0.1, -0.05) is 50.2 Å². The summed E-state index contributed by atoms with van der Waals surface area (Å²) in [5.74, 6) is -1.07. The summed E-state index contributed by atoms with van der Waals surface area (Å²) >= 11 is 0. The number of carbonyl (C=O) groups is 1. The van der Waals surface area contributed by atoms with E-state index in [9.17, 15) is 25.2 Å². The van der Waals surface area contributed by atoms with Crippen molar-refractivity contribution in [1.29, 1.82) is 0 Å². The maximum atomic E-state index is 11.2. The molecule has 0 spiro atoms. The molecule has 6 atom stereocenters. The topological polar surface area (TPSA) is 141 Å². The normalized spacial score (nSPS) is 26.5. The Morgan fingerprint density at radius 3 is 2.47 bits per heavy atom. The van der Waals surface area contributed by atoms with Crippen LogP contribution in [0.5, 0.6) is 5.75 Å². The van der Waals surface area contributed by atoms with Crippen LogP contribution in [-0.2, 0) is 14.3 Å². The standard InChI is InChI=1S/C22H29NO8.Na/c1-12(2)23-10-14(11-29-16-9-5-7-13-6-3-4-8-15(13)16)30-22-19(26)17(24)18(25)20(31-22)21(27)28;/h3-9,12,14,17-20,22-26H,10-11H2,1-2H3,(H,27,28);/q;+1/p-1/t14-,17+,18+,19-,20+,22-;/m1./s1. The number of carboxylic acids is 1. The Morgan fingerprint density at radius 1 is 1.09 bits per heavy atom. The third-order valence-corrected chi connectivity index (χ3v) is 5.06. The minimum absolute atomic E-state index is 0. The van der Waals surface area contributed by atoms with Crippen LogP contribution in [0.2, 0.25) is 0 Å². The van der Waals surface area contributed by atoms with Gasteiger partial charge in [-0.05, 0) is 11.5 Å². The van der Waals surface area contributed by atoms with E-state index >= 15 is 0 Å². The molecule has 3 rings (SSSR count). The molecule has 2 aromatic rings. The zero-order valence-corrected chi connectivity index (χ0v) is 20.4. The van der Waals surface area contributed by atoms with Crippen molar-refractivity contribution in [3.05, 3.63) is 42.5 Å². The molecule has 9 nitrogen and oxygen atoms in total. The van der Waals surface area contributed by atoms with Crippen molar-refractivity contribution in [1.82, 2.24) is 5.32 Å². The molecule has 0 radical (unpaired) electrons. The van der Waals surface area contributed by atoms with Gasteiger partial charge in [-0.15, -0.1) is 0 Å². The zero-order valence-electron chi connectivity index (χ0n) is 18.4. The number of aliphatic hydroxyl groups is 3. The molecule has 2 aromatic carbocycles. The van der Waals surface area contributed by atoms with Gasteiger partial charge in [0.1, 0.15) is 42.9 Å². The van der Waals surface area contributed by atoms with E-state index in [2.05, 4.69) is 5.32 Å². The molecule has 4 N–H and O–H groups in total. The summed E-state index contributed by atoms with van der Waals surface area (Å²) < 4.78 is 16.9. The summed E-state index contributed by atoms with van der Waals surface area (Å²) in [6.45, 7) is 4.26. The fourth-order valence-electron chi connectivity index (χ4n) is 3.36. The van der Waals surface area contributed by atoms with Gasteiger partial charge >= 0.3 is 29.6 Å². The number of nitrogens with one attached hydrogen (secondary N) is 1. The van der Waals surface area contributed by atoms with Crippen molar-refractivity contribution < 1.29 is 69.0 Å². The fraction of sp³-hybridized carbons (Fsp3) is 0.500. The number of aliphatic hydroxyl groups excluding tert-OH is 3. The predicted octanol–water partition coefficient (Wildman–Crippen LogP) is -3.84. The third-order valence-electron chi connectivity index (χ3n) is 5.06. The SMILES string of the molecule is CC(C)NC[C@H](COc1cccc2ccccc12)O[C@@H]1O[C@H](C(=O)[O-])[C@@H](O)[C@H](O)[C@H]1O.[Na+]. The number of carboxylic acid groups (broad SMARTS) is 1. The largest absolute Gasteiger partial charge is 1.00 e. The number of hydrogen-bond donors (Lipinski definition) is 4. The summed E-state index contributed by atoms with van der Waals surface area (Å²) in [5.41, 5.74) is 0. The smallest absolute Gasteiger partial charge is 0.547 e. The minimum Gasteiger partial charge on any atom is -0.547 e. The molecule has 1 saturated heterocycles. The predicted molar refractivity (Wildman–Crippen MR) is 109 cm³/mol. The van der Waals surface area contributed by atoms with Crippen molar-refractivity contribution in [3.63, 3.8) is 0 Å². The maximum Gasteiger partial charge on any atom is 1.00 e. The molecule has 0 amide bonds. The molecule has 1 aliphatic rings. The van der Waals surface area contributed by atoms with Crippen LogP contribution in [0.25, 0.3) is 10.8 Å². The van der Waals surface area contributed by atoms with Crippen LogP contribution in [0.15, 0.2) is 42.5 Å². The Bertz CT molecular complexity index is 877. The average Bonchev–Trinajstić information content (AvgIpc) is 2.75. The molecule has 0 aliphatic carbocycles. The number of carbonyl (C=O) groups excluding carboxylic acids is 1. The van der Waals surface area contributed by atoms with Crippen molar-refractivity contribution in [2.24, 2.45) is 0 Å². The molecule has 0 saturated carbocycles. The maximum absolute atomic E-state index is 11.2. The number of hydrogen-bond acceptors (Lipinski definition) is 9. The van der Waals surface area contributed by atoms with E-state index in [1.165, 1.54) is 0 Å². The Kier molecular flexibility index (Phi) is 10.3. The van der Waals surface area contributed by atoms with Crippen LogP contribution in [0, 0.1) is 0 Å². The number of rotatable bonds is 9. The van der Waals surface area contributed by atoms with Gasteiger partial charge in [0.05, 0.1) is 5.97 Å². The molecule has 1 aliphatic heterocycles. The summed E-state index contributed by atoms with van der Waals surface area (Å²) in [7, 11) is 0. The fourth-order valence-corrected chi connectivity index (χ4v) is 3.36. The first-order valence-corrected chi connectivity index (χ1v) is 10.2. The molecule has 1 heterocycles. The molecule has 0 unspecified atom stereocenters. The summed E-state index contributed by atoms with van der Waals surface area (Å²) in [5, 5.41) is 46.4. The van der Waals surface area contributed by atoms with Crippen LogP contribution in [0.4, 0.5) is 0 Å². The third kappa shape index (κ3) is 6.63. The van der Waals surface area contributed by atoms with Gasteiger partial charge < -0.3 is 44.7 Å². The molecule has 1 fully saturated rings. The first-order chi connectivity index (χ1) is 14.8. The summed E-state index contributed by atoms with van der Waals surface area (Å²) in [6.07, 6.45) is -9.23. The minimum atomic E-state index is -1.83. The second kappa shape index (κ2) is 12.3. The first-order valence-electron chi connectivity index (χ1n) is 10.2. The van der Waals surface area contributed by atoms with Gasteiger partial charge in [0.25, 0.3) is 0 Å². The van der Waals surface area contributed by atoms with Gasteiger partial charge in [0.2, 0.25) is 0 Å². The molecular weight excluding hydrogens is 429 g/mol. The molecular formula is C22H28NNaO8. The Hall–Kier alpha value is -1.27. The van der Waals surface area contributed by atoms with E-state index in [0.29, 0.717) is 12.3 Å². The quantitative estimate of drug-likeness (QED) is 0.279. The number of fused-ring (bicyclic) bond motifs is 1. The number of aliphatic carboxylic acids is 1. The van der Waals surface area contributed by atoms with Gasteiger partial charge in [-0.25, -0.2) is 0 Å². The van der Waals surface area contributed by atoms with Crippen LogP contribution >= 0.6 is 0 Å². The average molecular weight is 457 g/mol. The van der Waals surface area contributed by atoms with Gasteiger partial charge in [0.15, 0.2) is 6.29 Å². The molecule has 32 heavy (non-hydrogen) atoms. The van der Waals surface area contributed by atoms with Crippen LogP contribution in [0.1, 0.15) is 13.8 Å². The Balaban J connectivity index is 0.00000363. The second-order valence-electron chi connectivity index (χ2n) is 7.83. The van der Waals surface area contributed by atoms with Gasteiger partial charge in [-0.3, -0.25) is 0 Å². The Labute approximate surface area is 208 Å². The van der Waals surface area contributed by atoms with E-state index in [0.717, 1.165) is 10.8 Å². The van der Waals surface area contributed by atoms with E-state index in [1.54, 1.807) is 0 Å². The number of benzene rings is 2. The van der Waals surface area contributed by atoms with Crippen molar-refractivity contribution in [3.8, 4) is 5.75 Å². The molecule has 170 valence electrons. The van der Waals surface area contributed by atoms with Crippen LogP contribution in [-0.4, -0.2) is 77.3 Å². The number of ether oxygens (including phenoxy) is 3. The second-order valence-corrected chi connectivity index (χ2v) is 7.83.